The first-order chi connectivity index (χ1) is 13.8. The van der Waals surface area contributed by atoms with Crippen LogP contribution in [-0.2, 0) is 27.2 Å². The van der Waals surface area contributed by atoms with Crippen LogP contribution in [0.5, 0.6) is 0 Å². The molecule has 0 aliphatic heterocycles. The van der Waals surface area contributed by atoms with E-state index in [-0.39, 0.29) is 5.91 Å². The van der Waals surface area contributed by atoms with Crippen LogP contribution in [0.4, 0.5) is 5.00 Å². The number of hydrogen-bond acceptors (Lipinski definition) is 5. The molecule has 0 saturated heterocycles. The number of anilines is 1. The highest BCUT2D eigenvalue weighted by Gasteiger charge is 2.38. The Labute approximate surface area is 175 Å². The van der Waals surface area contributed by atoms with E-state index in [9.17, 15) is 19.5 Å². The second kappa shape index (κ2) is 8.69. The van der Waals surface area contributed by atoms with E-state index in [0.717, 1.165) is 47.3 Å². The Kier molecular flexibility index (Phi) is 6.46. The van der Waals surface area contributed by atoms with Gasteiger partial charge in [-0.05, 0) is 57.4 Å². The average molecular weight is 420 g/mol. The quantitative estimate of drug-likeness (QED) is 0.544. The lowest BCUT2D eigenvalue weighted by molar-refractivity contribution is -0.146. The van der Waals surface area contributed by atoms with Crippen molar-refractivity contribution in [3.63, 3.8) is 0 Å². The fourth-order valence-corrected chi connectivity index (χ4v) is 5.79. The highest BCUT2D eigenvalue weighted by molar-refractivity contribution is 7.17. The second-order valence-corrected chi connectivity index (χ2v) is 9.33. The maximum atomic E-state index is 13.1. The molecule has 1 aromatic heterocycles. The van der Waals surface area contributed by atoms with Crippen LogP contribution in [0.2, 0.25) is 0 Å². The van der Waals surface area contributed by atoms with Gasteiger partial charge in [0, 0.05) is 4.88 Å². The second-order valence-electron chi connectivity index (χ2n) is 8.23. The zero-order valence-electron chi connectivity index (χ0n) is 17.5. The molecule has 158 valence electrons. The summed E-state index contributed by atoms with van der Waals surface area (Å²) >= 11 is 1.44. The molecule has 0 radical (unpaired) electrons. The van der Waals surface area contributed by atoms with E-state index in [4.69, 9.17) is 4.74 Å². The normalized spacial score (nSPS) is 24.1. The maximum Gasteiger partial charge on any atom is 0.341 e. The Morgan fingerprint density at radius 3 is 2.38 bits per heavy atom. The molecule has 3 rings (SSSR count). The number of allylic oxidation sites excluding steroid dienone is 2. The van der Waals surface area contributed by atoms with Crippen LogP contribution in [0.1, 0.15) is 67.3 Å². The van der Waals surface area contributed by atoms with Crippen LogP contribution in [0.25, 0.3) is 0 Å². The first kappa shape index (κ1) is 21.6. The summed E-state index contributed by atoms with van der Waals surface area (Å²) in [4.78, 5) is 38.4. The number of carboxylic acids is 1. The van der Waals surface area contributed by atoms with Crippen molar-refractivity contribution in [2.45, 2.75) is 59.3 Å². The number of fused-ring (bicyclic) bond motifs is 1. The molecule has 2 aliphatic carbocycles. The molecule has 1 amide bonds. The molecule has 6 nitrogen and oxygen atoms in total. The Hall–Kier alpha value is -2.15. The molecule has 2 N–H and O–H groups in total. The Bertz CT molecular complexity index is 869. The Morgan fingerprint density at radius 2 is 1.79 bits per heavy atom. The monoisotopic (exact) mass is 419 g/mol. The summed E-state index contributed by atoms with van der Waals surface area (Å²) in [6, 6.07) is 0. The minimum absolute atomic E-state index is 0.333. The minimum Gasteiger partial charge on any atom is -0.481 e. The van der Waals surface area contributed by atoms with Crippen molar-refractivity contribution in [3.8, 4) is 0 Å². The van der Waals surface area contributed by atoms with Gasteiger partial charge in [0.1, 0.15) is 5.00 Å². The van der Waals surface area contributed by atoms with Gasteiger partial charge in [0.15, 0.2) is 0 Å². The topological polar surface area (TPSA) is 92.7 Å². The number of nitrogens with one attached hydrogen (secondary N) is 1. The number of carboxylic acid groups (broad SMARTS) is 1. The van der Waals surface area contributed by atoms with E-state index in [2.05, 4.69) is 12.2 Å². The van der Waals surface area contributed by atoms with E-state index >= 15 is 0 Å². The Morgan fingerprint density at radius 1 is 1.14 bits per heavy atom. The summed E-state index contributed by atoms with van der Waals surface area (Å²) in [6.07, 6.45) is 4.60. The summed E-state index contributed by atoms with van der Waals surface area (Å²) in [7, 11) is 1.34. The summed E-state index contributed by atoms with van der Waals surface area (Å²) < 4.78 is 4.99. The molecule has 0 saturated carbocycles. The first-order valence-corrected chi connectivity index (χ1v) is 11.0. The number of ether oxygens (including phenoxy) is 1. The zero-order chi connectivity index (χ0) is 21.3. The van der Waals surface area contributed by atoms with Crippen LogP contribution < -0.4 is 5.32 Å². The number of rotatable bonds is 5. The van der Waals surface area contributed by atoms with Gasteiger partial charge in [0.25, 0.3) is 0 Å². The van der Waals surface area contributed by atoms with Crippen molar-refractivity contribution in [1.82, 2.24) is 0 Å². The van der Waals surface area contributed by atoms with Gasteiger partial charge < -0.3 is 15.2 Å². The highest BCUT2D eigenvalue weighted by Crippen LogP contribution is 2.42. The molecule has 0 bridgehead atoms. The fraction of sp³-hybridized carbons (Fsp3) is 0.591. The lowest BCUT2D eigenvalue weighted by Crippen LogP contribution is -2.36. The van der Waals surface area contributed by atoms with Crippen molar-refractivity contribution in [1.29, 1.82) is 0 Å². The van der Waals surface area contributed by atoms with Gasteiger partial charge in [0.05, 0.1) is 24.5 Å². The molecular formula is C22H29NO5S. The van der Waals surface area contributed by atoms with Crippen LogP contribution in [-0.4, -0.2) is 30.1 Å². The number of thiophene rings is 1. The molecule has 1 aromatic rings. The molecule has 2 aliphatic rings. The number of aliphatic carboxylic acids is 1. The largest absolute Gasteiger partial charge is 0.481 e. The maximum absolute atomic E-state index is 13.1. The summed E-state index contributed by atoms with van der Waals surface area (Å²) in [5.41, 5.74) is 3.52. The van der Waals surface area contributed by atoms with Crippen molar-refractivity contribution in [2.75, 3.05) is 12.4 Å². The third-order valence-electron chi connectivity index (χ3n) is 6.49. The van der Waals surface area contributed by atoms with Gasteiger partial charge in [-0.2, -0.15) is 0 Å². The van der Waals surface area contributed by atoms with Gasteiger partial charge in [-0.25, -0.2) is 4.79 Å². The smallest absolute Gasteiger partial charge is 0.341 e. The fourth-order valence-electron chi connectivity index (χ4n) is 4.44. The van der Waals surface area contributed by atoms with Crippen LogP contribution >= 0.6 is 11.3 Å². The van der Waals surface area contributed by atoms with E-state index < -0.39 is 23.8 Å². The number of methoxy groups -OCH3 is 1. The van der Waals surface area contributed by atoms with Crippen molar-refractivity contribution < 1.29 is 24.2 Å². The van der Waals surface area contributed by atoms with Gasteiger partial charge in [-0.3, -0.25) is 9.59 Å². The lowest BCUT2D eigenvalue weighted by atomic mass is 9.76. The molecule has 0 unspecified atom stereocenters. The van der Waals surface area contributed by atoms with E-state index in [0.29, 0.717) is 29.3 Å². The van der Waals surface area contributed by atoms with Crippen LogP contribution in [0.15, 0.2) is 11.1 Å². The van der Waals surface area contributed by atoms with Gasteiger partial charge >= 0.3 is 11.9 Å². The molecular weight excluding hydrogens is 390 g/mol. The third kappa shape index (κ3) is 4.25. The number of hydrogen-bond donors (Lipinski definition) is 2. The predicted molar refractivity (Wildman–Crippen MR) is 112 cm³/mol. The van der Waals surface area contributed by atoms with Gasteiger partial charge in [0.2, 0.25) is 5.91 Å². The van der Waals surface area contributed by atoms with Crippen LogP contribution in [0, 0.1) is 17.8 Å². The number of carbonyl (C=O) groups excluding carboxylic acids is 2. The third-order valence-corrected chi connectivity index (χ3v) is 7.66. The first-order valence-electron chi connectivity index (χ1n) is 10.2. The molecule has 1 heterocycles. The summed E-state index contributed by atoms with van der Waals surface area (Å²) in [5.74, 6) is -2.55. The van der Waals surface area contributed by atoms with Gasteiger partial charge in [-0.15, -0.1) is 11.3 Å². The van der Waals surface area contributed by atoms with E-state index in [1.807, 2.05) is 13.8 Å². The number of esters is 1. The van der Waals surface area contributed by atoms with E-state index in [1.165, 1.54) is 18.4 Å². The molecule has 0 fully saturated rings. The van der Waals surface area contributed by atoms with Crippen LogP contribution in [0.3, 0.4) is 0 Å². The predicted octanol–water partition coefficient (Wildman–Crippen LogP) is 4.44. The molecule has 0 spiro atoms. The Balaban J connectivity index is 1.91. The van der Waals surface area contributed by atoms with Crippen molar-refractivity contribution in [3.05, 3.63) is 27.2 Å². The molecule has 3 atom stereocenters. The summed E-state index contributed by atoms with van der Waals surface area (Å²) in [6.45, 7) is 6.04. The molecule has 0 aromatic carbocycles. The molecule has 7 heteroatoms. The lowest BCUT2D eigenvalue weighted by Gasteiger charge is -2.29. The van der Waals surface area contributed by atoms with E-state index in [1.54, 1.807) is 0 Å². The highest BCUT2D eigenvalue weighted by atomic mass is 32.1. The average Bonchev–Trinajstić information content (AvgIpc) is 3.05. The van der Waals surface area contributed by atoms with Crippen molar-refractivity contribution in [2.24, 2.45) is 17.8 Å². The SMILES string of the molecule is CC[C@@H]1CCc2c(sc(NC(=O)[C@H]3CC(C)=C(C)C[C@@H]3C(=O)O)c2C(=O)OC)C1. The molecule has 29 heavy (non-hydrogen) atoms. The minimum atomic E-state index is -0.957. The zero-order valence-corrected chi connectivity index (χ0v) is 18.3. The van der Waals surface area contributed by atoms with Crippen molar-refractivity contribution >= 4 is 34.2 Å². The number of amides is 1. The van der Waals surface area contributed by atoms with Gasteiger partial charge in [-0.1, -0.05) is 24.5 Å². The number of carbonyl (C=O) groups is 3. The summed E-state index contributed by atoms with van der Waals surface area (Å²) in [5, 5.41) is 13.0. The standard InChI is InChI=1S/C22H29NO5S/c1-5-13-6-7-14-17(10-13)29-20(18(14)22(27)28-4)23-19(24)15-8-11(2)12(3)9-16(15)21(25)26/h13,15-16H,5-10H2,1-4H3,(H,23,24)(H,25,26)/t13-,15+,16+/m1/s1.